The van der Waals surface area contributed by atoms with Gasteiger partial charge in [-0.2, -0.15) is 0 Å². The van der Waals surface area contributed by atoms with Crippen LogP contribution in [0.25, 0.3) is 0 Å². The highest BCUT2D eigenvalue weighted by molar-refractivity contribution is 5.26. The molecule has 72 valence electrons. The van der Waals surface area contributed by atoms with Crippen molar-refractivity contribution in [1.82, 2.24) is 9.55 Å². The van der Waals surface area contributed by atoms with Gasteiger partial charge in [0, 0.05) is 26.0 Å². The second kappa shape index (κ2) is 3.05. The normalized spacial score (nSPS) is 18.6. The summed E-state index contributed by atoms with van der Waals surface area (Å²) in [5.41, 5.74) is 0.589. The van der Waals surface area contributed by atoms with Gasteiger partial charge in [-0.15, -0.1) is 0 Å². The Kier molecular flexibility index (Phi) is 2.02. The van der Waals surface area contributed by atoms with E-state index in [1.165, 1.54) is 19.3 Å². The molecule has 0 radical (unpaired) electrons. The Morgan fingerprint density at radius 1 is 1.62 bits per heavy atom. The SMILES string of the molecule is CCC1(CNc2nccn2C)CC1. The summed E-state index contributed by atoms with van der Waals surface area (Å²) in [6.07, 6.45) is 7.83. The lowest BCUT2D eigenvalue weighted by Crippen LogP contribution is -2.16. The van der Waals surface area contributed by atoms with Gasteiger partial charge in [0.25, 0.3) is 0 Å². The predicted molar refractivity (Wildman–Crippen MR) is 53.7 cm³/mol. The van der Waals surface area contributed by atoms with Crippen LogP contribution in [0.5, 0.6) is 0 Å². The monoisotopic (exact) mass is 179 g/mol. The van der Waals surface area contributed by atoms with Crippen LogP contribution in [-0.4, -0.2) is 16.1 Å². The van der Waals surface area contributed by atoms with E-state index < -0.39 is 0 Å². The van der Waals surface area contributed by atoms with Gasteiger partial charge in [-0.05, 0) is 24.7 Å². The molecule has 1 aromatic rings. The number of aryl methyl sites for hydroxylation is 1. The molecule has 0 unspecified atom stereocenters. The maximum atomic E-state index is 4.23. The van der Waals surface area contributed by atoms with Gasteiger partial charge < -0.3 is 9.88 Å². The van der Waals surface area contributed by atoms with E-state index in [0.29, 0.717) is 5.41 Å². The summed E-state index contributed by atoms with van der Waals surface area (Å²) in [7, 11) is 2.01. The van der Waals surface area contributed by atoms with E-state index in [-0.39, 0.29) is 0 Å². The molecule has 1 aromatic heterocycles. The van der Waals surface area contributed by atoms with Crippen LogP contribution in [0.3, 0.4) is 0 Å². The third kappa shape index (κ3) is 1.69. The minimum Gasteiger partial charge on any atom is -0.355 e. The first-order chi connectivity index (χ1) is 6.26. The van der Waals surface area contributed by atoms with E-state index in [2.05, 4.69) is 17.2 Å². The highest BCUT2D eigenvalue weighted by Gasteiger charge is 2.40. The average Bonchev–Trinajstić information content (AvgIpc) is 2.82. The molecule has 1 fully saturated rings. The van der Waals surface area contributed by atoms with E-state index in [1.54, 1.807) is 0 Å². The van der Waals surface area contributed by atoms with Crippen LogP contribution in [-0.2, 0) is 7.05 Å². The van der Waals surface area contributed by atoms with Gasteiger partial charge in [0.05, 0.1) is 0 Å². The molecule has 0 amide bonds. The molecular weight excluding hydrogens is 162 g/mol. The summed E-state index contributed by atoms with van der Waals surface area (Å²) in [5.74, 6) is 0.986. The van der Waals surface area contributed by atoms with Crippen LogP contribution < -0.4 is 5.32 Å². The number of rotatable bonds is 4. The highest BCUT2D eigenvalue weighted by atomic mass is 15.2. The summed E-state index contributed by atoms with van der Waals surface area (Å²) in [6, 6.07) is 0. The average molecular weight is 179 g/mol. The third-order valence-electron chi connectivity index (χ3n) is 3.15. The molecule has 3 nitrogen and oxygen atoms in total. The molecule has 1 heterocycles. The van der Waals surface area contributed by atoms with Gasteiger partial charge >= 0.3 is 0 Å². The van der Waals surface area contributed by atoms with Crippen molar-refractivity contribution >= 4 is 5.95 Å². The zero-order valence-electron chi connectivity index (χ0n) is 8.38. The first-order valence-electron chi connectivity index (χ1n) is 4.97. The van der Waals surface area contributed by atoms with Gasteiger partial charge in [0.15, 0.2) is 0 Å². The quantitative estimate of drug-likeness (QED) is 0.766. The molecule has 0 saturated heterocycles. The number of aromatic nitrogens is 2. The van der Waals surface area contributed by atoms with Crippen LogP contribution in [0.1, 0.15) is 26.2 Å². The Bertz CT molecular complexity index is 286. The minimum absolute atomic E-state index is 0.589. The molecule has 0 spiro atoms. The molecule has 0 aromatic carbocycles. The molecule has 1 N–H and O–H groups in total. The van der Waals surface area contributed by atoms with Crippen LogP contribution >= 0.6 is 0 Å². The Labute approximate surface area is 79.2 Å². The van der Waals surface area contributed by atoms with Crippen molar-refractivity contribution in [1.29, 1.82) is 0 Å². The number of hydrogen-bond acceptors (Lipinski definition) is 2. The number of hydrogen-bond donors (Lipinski definition) is 1. The van der Waals surface area contributed by atoms with Crippen molar-refractivity contribution < 1.29 is 0 Å². The van der Waals surface area contributed by atoms with Crippen molar-refractivity contribution in [2.24, 2.45) is 12.5 Å². The Morgan fingerprint density at radius 3 is 2.85 bits per heavy atom. The van der Waals surface area contributed by atoms with E-state index in [0.717, 1.165) is 12.5 Å². The van der Waals surface area contributed by atoms with Gasteiger partial charge in [0.1, 0.15) is 0 Å². The fraction of sp³-hybridized carbons (Fsp3) is 0.700. The minimum atomic E-state index is 0.589. The van der Waals surface area contributed by atoms with Crippen LogP contribution in [0.15, 0.2) is 12.4 Å². The van der Waals surface area contributed by atoms with Crippen molar-refractivity contribution in [3.63, 3.8) is 0 Å². The Morgan fingerprint density at radius 2 is 2.38 bits per heavy atom. The molecule has 0 bridgehead atoms. The van der Waals surface area contributed by atoms with E-state index in [9.17, 15) is 0 Å². The molecular formula is C10H17N3. The highest BCUT2D eigenvalue weighted by Crippen LogP contribution is 2.48. The number of nitrogens with zero attached hydrogens (tertiary/aromatic N) is 2. The van der Waals surface area contributed by atoms with Gasteiger partial charge in [-0.1, -0.05) is 6.92 Å². The lowest BCUT2D eigenvalue weighted by molar-refractivity contribution is 0.519. The molecule has 1 aliphatic carbocycles. The van der Waals surface area contributed by atoms with Crippen LogP contribution in [0.2, 0.25) is 0 Å². The fourth-order valence-corrected chi connectivity index (χ4v) is 1.63. The summed E-state index contributed by atoms with van der Waals surface area (Å²) < 4.78 is 2.02. The molecule has 0 atom stereocenters. The van der Waals surface area contributed by atoms with Gasteiger partial charge in [-0.25, -0.2) is 4.98 Å². The summed E-state index contributed by atoms with van der Waals surface area (Å²) in [4.78, 5) is 4.23. The molecule has 1 saturated carbocycles. The lowest BCUT2D eigenvalue weighted by atomic mass is 10.0. The molecule has 0 aliphatic heterocycles. The zero-order valence-corrected chi connectivity index (χ0v) is 8.38. The predicted octanol–water partition coefficient (Wildman–Crippen LogP) is 2.02. The van der Waals surface area contributed by atoms with Crippen molar-refractivity contribution in [3.8, 4) is 0 Å². The zero-order chi connectivity index (χ0) is 9.31. The van der Waals surface area contributed by atoms with Crippen molar-refractivity contribution in [3.05, 3.63) is 12.4 Å². The van der Waals surface area contributed by atoms with E-state index >= 15 is 0 Å². The second-order valence-electron chi connectivity index (χ2n) is 4.07. The molecule has 2 rings (SSSR count). The largest absolute Gasteiger partial charge is 0.355 e. The first-order valence-corrected chi connectivity index (χ1v) is 4.97. The van der Waals surface area contributed by atoms with Crippen molar-refractivity contribution in [2.75, 3.05) is 11.9 Å². The van der Waals surface area contributed by atoms with Crippen LogP contribution in [0.4, 0.5) is 5.95 Å². The van der Waals surface area contributed by atoms with Gasteiger partial charge in [-0.3, -0.25) is 0 Å². The number of anilines is 1. The van der Waals surface area contributed by atoms with E-state index in [4.69, 9.17) is 0 Å². The van der Waals surface area contributed by atoms with Gasteiger partial charge in [0.2, 0.25) is 5.95 Å². The van der Waals surface area contributed by atoms with Crippen molar-refractivity contribution in [2.45, 2.75) is 26.2 Å². The third-order valence-corrected chi connectivity index (χ3v) is 3.15. The summed E-state index contributed by atoms with van der Waals surface area (Å²) in [6.45, 7) is 3.35. The number of imidazole rings is 1. The fourth-order valence-electron chi connectivity index (χ4n) is 1.63. The second-order valence-corrected chi connectivity index (χ2v) is 4.07. The summed E-state index contributed by atoms with van der Waals surface area (Å²) in [5, 5.41) is 3.40. The topological polar surface area (TPSA) is 29.9 Å². The standard InChI is InChI=1S/C10H17N3/c1-3-10(4-5-10)8-12-9-11-6-7-13(9)2/h6-7H,3-5,8H2,1-2H3,(H,11,12). The lowest BCUT2D eigenvalue weighted by Gasteiger charge is -2.13. The Hall–Kier alpha value is -0.990. The summed E-state index contributed by atoms with van der Waals surface area (Å²) >= 11 is 0. The maximum Gasteiger partial charge on any atom is 0.202 e. The maximum absolute atomic E-state index is 4.23. The Balaban J connectivity index is 1.90. The van der Waals surface area contributed by atoms with Crippen LogP contribution in [0, 0.1) is 5.41 Å². The number of nitrogens with one attached hydrogen (secondary N) is 1. The molecule has 13 heavy (non-hydrogen) atoms. The molecule has 1 aliphatic rings. The molecule has 3 heteroatoms. The smallest absolute Gasteiger partial charge is 0.202 e. The van der Waals surface area contributed by atoms with E-state index in [1.807, 2.05) is 24.0 Å². The first kappa shape index (κ1) is 8.60.